The van der Waals surface area contributed by atoms with Gasteiger partial charge in [-0.2, -0.15) is 0 Å². The van der Waals surface area contributed by atoms with Gasteiger partial charge in [0.15, 0.2) is 0 Å². The molecule has 0 fully saturated rings. The van der Waals surface area contributed by atoms with Gasteiger partial charge in [-0.3, -0.25) is 0 Å². The van der Waals surface area contributed by atoms with Crippen molar-refractivity contribution in [1.82, 2.24) is 14.8 Å². The predicted molar refractivity (Wildman–Crippen MR) is 113 cm³/mol. The first-order valence-corrected chi connectivity index (χ1v) is 10.1. The number of fused-ring (bicyclic) bond motifs is 1. The Kier molecular flexibility index (Phi) is 5.67. The molecule has 0 spiro atoms. The summed E-state index contributed by atoms with van der Waals surface area (Å²) in [4.78, 5) is 11.9. The van der Waals surface area contributed by atoms with E-state index in [0.717, 1.165) is 22.7 Å². The fourth-order valence-electron chi connectivity index (χ4n) is 3.12. The largest absolute Gasteiger partial charge is 0.477 e. The van der Waals surface area contributed by atoms with Gasteiger partial charge in [-0.05, 0) is 30.0 Å². The number of para-hydroxylation sites is 1. The summed E-state index contributed by atoms with van der Waals surface area (Å²) < 4.78 is 21.5. The highest BCUT2D eigenvalue weighted by atomic mass is 32.2. The molecule has 0 saturated heterocycles. The Labute approximate surface area is 176 Å². The molecule has 4 rings (SSSR count). The van der Waals surface area contributed by atoms with Gasteiger partial charge >= 0.3 is 5.97 Å². The second-order valence-electron chi connectivity index (χ2n) is 6.55. The lowest BCUT2D eigenvalue weighted by Gasteiger charge is -2.06. The Hall–Kier alpha value is -3.39. The zero-order chi connectivity index (χ0) is 21.1. The molecule has 0 aliphatic heterocycles. The zero-order valence-corrected chi connectivity index (χ0v) is 16.9. The molecule has 152 valence electrons. The van der Waals surface area contributed by atoms with Gasteiger partial charge < -0.3 is 14.1 Å². The molecule has 0 atom stereocenters. The van der Waals surface area contributed by atoms with Crippen molar-refractivity contribution in [2.24, 2.45) is 0 Å². The van der Waals surface area contributed by atoms with E-state index < -0.39 is 5.97 Å². The number of thioether (sulfide) groups is 1. The lowest BCUT2D eigenvalue weighted by Crippen LogP contribution is -2.00. The van der Waals surface area contributed by atoms with Crippen molar-refractivity contribution in [3.8, 4) is 0 Å². The number of nitrogens with zero attached hydrogens (tertiary/aromatic N) is 3. The van der Waals surface area contributed by atoms with Crippen LogP contribution in [0.4, 0.5) is 4.39 Å². The van der Waals surface area contributed by atoms with Crippen molar-refractivity contribution in [3.05, 3.63) is 82.5 Å². The Balaban J connectivity index is 1.73. The number of hydrogen-bond donors (Lipinski definition) is 1. The van der Waals surface area contributed by atoms with Crippen LogP contribution in [-0.2, 0) is 17.8 Å². The number of aromatic nitrogens is 3. The first-order valence-electron chi connectivity index (χ1n) is 9.31. The Morgan fingerprint density at radius 3 is 2.70 bits per heavy atom. The molecule has 0 unspecified atom stereocenters. The lowest BCUT2D eigenvalue weighted by atomic mass is 10.1. The standard InChI is InChI=1S/C22H18FN3O3S/c1-2-20-24-25-22(29-20)30-19(21(27)28)11-15-13-26(18-10-6-4-8-16(15)18)12-14-7-3-5-9-17(14)23/h3-11,13H,2,12H2,1H3,(H,27,28)/b19-11-. The van der Waals surface area contributed by atoms with E-state index in [0.29, 0.717) is 30.0 Å². The molecule has 2 heterocycles. The topological polar surface area (TPSA) is 81.2 Å². The minimum atomic E-state index is -1.10. The van der Waals surface area contributed by atoms with Crippen LogP contribution in [0.15, 0.2) is 69.3 Å². The first kappa shape index (κ1) is 19.9. The predicted octanol–water partition coefficient (Wildman–Crippen LogP) is 4.99. The molecule has 1 N–H and O–H groups in total. The smallest absolute Gasteiger partial charge is 0.342 e. The van der Waals surface area contributed by atoms with Crippen LogP contribution in [0, 0.1) is 5.82 Å². The van der Waals surface area contributed by atoms with Crippen molar-refractivity contribution >= 4 is 34.7 Å². The van der Waals surface area contributed by atoms with Gasteiger partial charge in [-0.1, -0.05) is 43.3 Å². The Morgan fingerprint density at radius 2 is 1.97 bits per heavy atom. The van der Waals surface area contributed by atoms with Crippen molar-refractivity contribution in [2.75, 3.05) is 0 Å². The molecule has 0 amide bonds. The molecule has 0 radical (unpaired) electrons. The number of carboxylic acids is 1. The lowest BCUT2D eigenvalue weighted by molar-refractivity contribution is -0.131. The van der Waals surface area contributed by atoms with E-state index in [4.69, 9.17) is 4.42 Å². The third-order valence-electron chi connectivity index (χ3n) is 4.56. The van der Waals surface area contributed by atoms with Gasteiger partial charge in [0.25, 0.3) is 5.22 Å². The van der Waals surface area contributed by atoms with E-state index in [1.54, 1.807) is 24.3 Å². The molecule has 8 heteroatoms. The van der Waals surface area contributed by atoms with Crippen LogP contribution in [-0.4, -0.2) is 25.8 Å². The van der Waals surface area contributed by atoms with E-state index in [-0.39, 0.29) is 15.9 Å². The van der Waals surface area contributed by atoms with Gasteiger partial charge in [0.05, 0.1) is 6.54 Å². The summed E-state index contributed by atoms with van der Waals surface area (Å²) in [7, 11) is 0. The maximum Gasteiger partial charge on any atom is 0.342 e. The van der Waals surface area contributed by atoms with Crippen LogP contribution in [0.2, 0.25) is 0 Å². The monoisotopic (exact) mass is 423 g/mol. The quantitative estimate of drug-likeness (QED) is 0.333. The molecular formula is C22H18FN3O3S. The minimum absolute atomic E-state index is 0.0510. The molecular weight excluding hydrogens is 405 g/mol. The van der Waals surface area contributed by atoms with E-state index in [1.807, 2.05) is 42.0 Å². The summed E-state index contributed by atoms with van der Waals surface area (Å²) in [5.74, 6) is -0.928. The number of carbonyl (C=O) groups is 1. The SMILES string of the molecule is CCc1nnc(S/C(=C\c2cn(Cc3ccccc3F)c3ccccc23)C(=O)O)o1. The third kappa shape index (κ3) is 4.13. The minimum Gasteiger partial charge on any atom is -0.477 e. The Morgan fingerprint density at radius 1 is 1.20 bits per heavy atom. The molecule has 6 nitrogen and oxygen atoms in total. The molecule has 4 aromatic rings. The zero-order valence-electron chi connectivity index (χ0n) is 16.1. The summed E-state index contributed by atoms with van der Waals surface area (Å²) in [6, 6.07) is 14.2. The van der Waals surface area contributed by atoms with Crippen molar-refractivity contribution in [2.45, 2.75) is 25.1 Å². The highest BCUT2D eigenvalue weighted by molar-refractivity contribution is 8.03. The van der Waals surface area contributed by atoms with Crippen molar-refractivity contribution < 1.29 is 18.7 Å². The maximum absolute atomic E-state index is 14.1. The van der Waals surface area contributed by atoms with Crippen LogP contribution in [0.25, 0.3) is 17.0 Å². The van der Waals surface area contributed by atoms with Gasteiger partial charge in [0, 0.05) is 34.6 Å². The second-order valence-corrected chi connectivity index (χ2v) is 7.55. The second kappa shape index (κ2) is 8.54. The van der Waals surface area contributed by atoms with Gasteiger partial charge in [-0.15, -0.1) is 10.2 Å². The normalized spacial score (nSPS) is 11.9. The van der Waals surface area contributed by atoms with Crippen molar-refractivity contribution in [3.63, 3.8) is 0 Å². The van der Waals surface area contributed by atoms with E-state index >= 15 is 0 Å². The number of aliphatic carboxylic acids is 1. The van der Waals surface area contributed by atoms with Gasteiger partial charge in [-0.25, -0.2) is 9.18 Å². The van der Waals surface area contributed by atoms with E-state index in [9.17, 15) is 14.3 Å². The van der Waals surface area contributed by atoms with Crippen LogP contribution in [0.5, 0.6) is 0 Å². The average molecular weight is 423 g/mol. The summed E-state index contributed by atoms with van der Waals surface area (Å²) >= 11 is 0.904. The molecule has 0 bridgehead atoms. The molecule has 2 aromatic heterocycles. The summed E-state index contributed by atoms with van der Waals surface area (Å²) in [5, 5.41) is 18.5. The Bertz CT molecular complexity index is 1250. The van der Waals surface area contributed by atoms with Gasteiger partial charge in [0.1, 0.15) is 10.7 Å². The highest BCUT2D eigenvalue weighted by Gasteiger charge is 2.17. The molecule has 0 aliphatic rings. The fraction of sp³-hybridized carbons (Fsp3) is 0.136. The molecule has 0 aliphatic carbocycles. The number of aryl methyl sites for hydroxylation is 1. The van der Waals surface area contributed by atoms with Crippen LogP contribution < -0.4 is 0 Å². The molecule has 0 saturated carbocycles. The fourth-order valence-corrected chi connectivity index (χ4v) is 3.80. The number of hydrogen-bond acceptors (Lipinski definition) is 5. The van der Waals surface area contributed by atoms with Crippen molar-refractivity contribution in [1.29, 1.82) is 0 Å². The van der Waals surface area contributed by atoms with Crippen LogP contribution >= 0.6 is 11.8 Å². The number of rotatable bonds is 7. The molecule has 2 aromatic carbocycles. The van der Waals surface area contributed by atoms with E-state index in [2.05, 4.69) is 10.2 Å². The maximum atomic E-state index is 14.1. The summed E-state index contributed by atoms with van der Waals surface area (Å²) in [6.45, 7) is 2.21. The van der Waals surface area contributed by atoms with Gasteiger partial charge in [0.2, 0.25) is 5.89 Å². The van der Waals surface area contributed by atoms with Crippen LogP contribution in [0.3, 0.4) is 0 Å². The summed E-state index contributed by atoms with van der Waals surface area (Å²) in [5.41, 5.74) is 2.15. The van der Waals surface area contributed by atoms with E-state index in [1.165, 1.54) is 6.07 Å². The van der Waals surface area contributed by atoms with Crippen LogP contribution in [0.1, 0.15) is 23.9 Å². The third-order valence-corrected chi connectivity index (χ3v) is 5.42. The number of carboxylic acid groups (broad SMARTS) is 1. The number of halogens is 1. The highest BCUT2D eigenvalue weighted by Crippen LogP contribution is 2.31. The average Bonchev–Trinajstić information content (AvgIpc) is 3.34. The molecule has 30 heavy (non-hydrogen) atoms. The summed E-state index contributed by atoms with van der Waals surface area (Å²) in [6.07, 6.45) is 3.97. The number of benzene rings is 2. The first-order chi connectivity index (χ1) is 14.5.